The van der Waals surface area contributed by atoms with E-state index in [9.17, 15) is 0 Å². The van der Waals surface area contributed by atoms with Crippen LogP contribution in [0.25, 0.3) is 0 Å². The van der Waals surface area contributed by atoms with Crippen molar-refractivity contribution in [2.75, 3.05) is 10.6 Å². The van der Waals surface area contributed by atoms with Crippen LogP contribution >= 0.6 is 35.4 Å². The summed E-state index contributed by atoms with van der Waals surface area (Å²) < 4.78 is 3.75. The Bertz CT molecular complexity index is 1260. The average Bonchev–Trinajstić information content (AvgIpc) is 3.29. The number of hydrogen-bond acceptors (Lipinski definition) is 3. The molecule has 0 saturated carbocycles. The molecule has 4 aromatic rings. The maximum atomic E-state index is 6.24. The van der Waals surface area contributed by atoms with Gasteiger partial charge < -0.3 is 10.6 Å². The van der Waals surface area contributed by atoms with Gasteiger partial charge in [0.25, 0.3) is 0 Å². The van der Waals surface area contributed by atoms with E-state index < -0.39 is 0 Å². The number of halogens is 2. The van der Waals surface area contributed by atoms with E-state index in [-0.39, 0.29) is 0 Å². The van der Waals surface area contributed by atoms with Crippen LogP contribution in [-0.4, -0.2) is 24.7 Å². The number of nitrogens with one attached hydrogen (secondary N) is 2. The van der Waals surface area contributed by atoms with Crippen molar-refractivity contribution in [2.24, 2.45) is 0 Å². The van der Waals surface area contributed by atoms with Crippen molar-refractivity contribution < 1.29 is 0 Å². The van der Waals surface area contributed by atoms with Crippen molar-refractivity contribution in [1.82, 2.24) is 19.6 Å². The van der Waals surface area contributed by atoms with Gasteiger partial charge >= 0.3 is 0 Å². The topological polar surface area (TPSA) is 59.7 Å². The molecule has 0 aliphatic heterocycles. The molecule has 0 atom stereocenters. The lowest BCUT2D eigenvalue weighted by Gasteiger charge is -2.10. The molecule has 2 N–H and O–H groups in total. The van der Waals surface area contributed by atoms with Gasteiger partial charge in [0.05, 0.1) is 30.2 Å². The predicted molar refractivity (Wildman–Crippen MR) is 135 cm³/mol. The van der Waals surface area contributed by atoms with Crippen LogP contribution in [0, 0.1) is 13.8 Å². The van der Waals surface area contributed by atoms with Gasteiger partial charge in [-0.25, -0.2) is 0 Å². The number of benzene rings is 2. The van der Waals surface area contributed by atoms with Gasteiger partial charge in [0.15, 0.2) is 10.9 Å². The fraction of sp³-hybridized carbons (Fsp3) is 0.174. The predicted octanol–water partition coefficient (Wildman–Crippen LogP) is 5.91. The van der Waals surface area contributed by atoms with Gasteiger partial charge in [-0.15, -0.1) is 0 Å². The Labute approximate surface area is 202 Å². The number of anilines is 2. The molecule has 0 bridgehead atoms. The molecule has 9 heteroatoms. The van der Waals surface area contributed by atoms with Gasteiger partial charge in [-0.2, -0.15) is 10.2 Å². The third-order valence-electron chi connectivity index (χ3n) is 5.01. The van der Waals surface area contributed by atoms with Crippen LogP contribution in [-0.2, 0) is 13.1 Å². The van der Waals surface area contributed by atoms with Gasteiger partial charge in [-0.05, 0) is 55.4 Å². The van der Waals surface area contributed by atoms with Gasteiger partial charge in [-0.3, -0.25) is 9.36 Å². The molecule has 6 nitrogen and oxygen atoms in total. The summed E-state index contributed by atoms with van der Waals surface area (Å²) in [7, 11) is 0. The van der Waals surface area contributed by atoms with E-state index in [1.54, 1.807) is 0 Å². The Kier molecular flexibility index (Phi) is 6.79. The fourth-order valence-corrected chi connectivity index (χ4v) is 4.03. The summed E-state index contributed by atoms with van der Waals surface area (Å²) in [6.07, 6.45) is 1.88. The van der Waals surface area contributed by atoms with Gasteiger partial charge in [-0.1, -0.05) is 53.5 Å². The largest absolute Gasteiger partial charge is 0.329 e. The molecule has 0 aliphatic carbocycles. The lowest BCUT2D eigenvalue weighted by atomic mass is 10.2. The highest BCUT2D eigenvalue weighted by Gasteiger charge is 2.14. The summed E-state index contributed by atoms with van der Waals surface area (Å²) in [5.41, 5.74) is 4.80. The van der Waals surface area contributed by atoms with Crippen LogP contribution in [0.1, 0.15) is 22.5 Å². The van der Waals surface area contributed by atoms with Crippen molar-refractivity contribution in [2.45, 2.75) is 26.9 Å². The zero-order chi connectivity index (χ0) is 22.7. The summed E-state index contributed by atoms with van der Waals surface area (Å²) in [6.45, 7) is 5.16. The normalized spacial score (nSPS) is 10.9. The van der Waals surface area contributed by atoms with Crippen LogP contribution in [0.3, 0.4) is 0 Å². The number of thiocarbonyl (C=S) groups is 1. The highest BCUT2D eigenvalue weighted by molar-refractivity contribution is 7.80. The summed E-state index contributed by atoms with van der Waals surface area (Å²) in [5, 5.41) is 17.4. The zero-order valence-electron chi connectivity index (χ0n) is 17.6. The fourth-order valence-electron chi connectivity index (χ4n) is 3.42. The van der Waals surface area contributed by atoms with E-state index in [4.69, 9.17) is 35.4 Å². The Morgan fingerprint density at radius 2 is 1.78 bits per heavy atom. The molecule has 0 radical (unpaired) electrons. The van der Waals surface area contributed by atoms with Crippen LogP contribution in [0.4, 0.5) is 11.5 Å². The van der Waals surface area contributed by atoms with Crippen LogP contribution < -0.4 is 10.6 Å². The number of hydrogen-bond donors (Lipinski definition) is 2. The second-order valence-corrected chi connectivity index (χ2v) is 8.65. The zero-order valence-corrected chi connectivity index (χ0v) is 20.0. The Morgan fingerprint density at radius 1 is 0.969 bits per heavy atom. The van der Waals surface area contributed by atoms with E-state index >= 15 is 0 Å². The molecule has 0 saturated heterocycles. The van der Waals surface area contributed by atoms with Crippen molar-refractivity contribution in [3.8, 4) is 0 Å². The summed E-state index contributed by atoms with van der Waals surface area (Å²) in [4.78, 5) is 0. The maximum absolute atomic E-state index is 6.24. The van der Waals surface area contributed by atoms with Crippen LogP contribution in [0.15, 0.2) is 60.8 Å². The molecular weight excluding hydrogens is 463 g/mol. The Hall–Kier alpha value is -2.87. The summed E-state index contributed by atoms with van der Waals surface area (Å²) >= 11 is 17.9. The average molecular weight is 485 g/mol. The molecule has 0 aliphatic rings. The van der Waals surface area contributed by atoms with Crippen molar-refractivity contribution >= 4 is 52.0 Å². The molecule has 32 heavy (non-hydrogen) atoms. The monoisotopic (exact) mass is 484 g/mol. The highest BCUT2D eigenvalue weighted by Crippen LogP contribution is 2.22. The molecule has 0 fully saturated rings. The highest BCUT2D eigenvalue weighted by atomic mass is 35.5. The number of rotatable bonds is 6. The SMILES string of the molecule is Cc1nn(Cc2cccc(Cl)c2)c(C)c1NC(=S)Nc1ccn(Cc2ccccc2Cl)n1. The minimum absolute atomic E-state index is 0.446. The van der Waals surface area contributed by atoms with Crippen LogP contribution in [0.5, 0.6) is 0 Å². The maximum Gasteiger partial charge on any atom is 0.176 e. The van der Waals surface area contributed by atoms with Gasteiger partial charge in [0.1, 0.15) is 0 Å². The smallest absolute Gasteiger partial charge is 0.176 e. The molecule has 4 rings (SSSR count). The van der Waals surface area contributed by atoms with E-state index in [1.165, 1.54) is 0 Å². The first-order valence-corrected chi connectivity index (χ1v) is 11.2. The van der Waals surface area contributed by atoms with Crippen molar-refractivity contribution in [3.05, 3.63) is 93.4 Å². The number of aryl methyl sites for hydroxylation is 1. The molecule has 2 aromatic heterocycles. The minimum Gasteiger partial charge on any atom is -0.329 e. The molecule has 0 spiro atoms. The third kappa shape index (κ3) is 5.30. The summed E-state index contributed by atoms with van der Waals surface area (Å²) in [5.74, 6) is 0.649. The van der Waals surface area contributed by atoms with E-state index in [0.717, 1.165) is 33.2 Å². The summed E-state index contributed by atoms with van der Waals surface area (Å²) in [6, 6.07) is 17.4. The van der Waals surface area contributed by atoms with E-state index in [1.807, 2.05) is 84.0 Å². The first-order chi connectivity index (χ1) is 15.4. The molecule has 164 valence electrons. The molecule has 2 heterocycles. The van der Waals surface area contributed by atoms with Crippen molar-refractivity contribution in [1.29, 1.82) is 0 Å². The second kappa shape index (κ2) is 9.73. The minimum atomic E-state index is 0.446. The standard InChI is InChI=1S/C23H22Cl2N6S/c1-15-22(16(2)31(28-15)13-17-6-5-8-19(24)12-17)27-23(32)26-21-10-11-30(29-21)14-18-7-3-4-9-20(18)25/h3-12H,13-14H2,1-2H3,(H2,26,27,29,32). The molecule has 0 amide bonds. The third-order valence-corrected chi connectivity index (χ3v) is 5.82. The van der Waals surface area contributed by atoms with E-state index in [2.05, 4.69) is 20.8 Å². The Balaban J connectivity index is 1.41. The van der Waals surface area contributed by atoms with Gasteiger partial charge in [0, 0.05) is 22.3 Å². The van der Waals surface area contributed by atoms with Crippen molar-refractivity contribution in [3.63, 3.8) is 0 Å². The molecule has 0 unspecified atom stereocenters. The lowest BCUT2D eigenvalue weighted by Crippen LogP contribution is -2.20. The molecule has 2 aromatic carbocycles. The molecular formula is C23H22Cl2N6S. The van der Waals surface area contributed by atoms with E-state index in [0.29, 0.717) is 29.0 Å². The number of nitrogens with zero attached hydrogens (tertiary/aromatic N) is 4. The second-order valence-electron chi connectivity index (χ2n) is 7.40. The number of aromatic nitrogens is 4. The van der Waals surface area contributed by atoms with Crippen LogP contribution in [0.2, 0.25) is 10.0 Å². The van der Waals surface area contributed by atoms with Gasteiger partial charge in [0.2, 0.25) is 0 Å². The quantitative estimate of drug-likeness (QED) is 0.333. The first-order valence-electron chi connectivity index (χ1n) is 10.0. The Morgan fingerprint density at radius 3 is 2.56 bits per heavy atom. The lowest BCUT2D eigenvalue weighted by molar-refractivity contribution is 0.659. The first kappa shape index (κ1) is 22.3.